The number of aromatic nitrogens is 3. The summed E-state index contributed by atoms with van der Waals surface area (Å²) in [6, 6.07) is 24.7. The van der Waals surface area contributed by atoms with Gasteiger partial charge in [-0.3, -0.25) is 0 Å². The number of ether oxygens (including phenoxy) is 1. The van der Waals surface area contributed by atoms with E-state index in [1.807, 2.05) is 30.5 Å². The average Bonchev–Trinajstić information content (AvgIpc) is 3.51. The van der Waals surface area contributed by atoms with Crippen LogP contribution in [0.1, 0.15) is 23.2 Å². The first-order valence-electron chi connectivity index (χ1n) is 12.6. The van der Waals surface area contributed by atoms with Crippen LogP contribution in [0, 0.1) is 0 Å². The molecular weight excluding hydrogens is 462 g/mol. The lowest BCUT2D eigenvalue weighted by molar-refractivity contribution is 0.0602. The number of unbranched alkanes of at least 4 members (excludes halogenated alkanes) is 1. The normalized spacial score (nSPS) is 12.2. The van der Waals surface area contributed by atoms with E-state index in [9.17, 15) is 4.79 Å². The molecule has 0 aliphatic heterocycles. The highest BCUT2D eigenvalue weighted by Crippen LogP contribution is 2.25. The standard InChI is InChI=1S/C30H29N5O2/c1-34-25-15-7-5-13-22(25)28(27-21-12-3-6-14-24(21)32-29(27)34)33-31-17-9-10-18-35-19-23(30(36)37-2)20-11-4-8-16-26(20)35/h3-8,11-16,19,31-32H,9-10,17-18H2,1-2H3/b33-28+. The fraction of sp³-hybridized carbons (Fsp3) is 0.200. The highest BCUT2D eigenvalue weighted by molar-refractivity contribution is 6.09. The largest absolute Gasteiger partial charge is 0.465 e. The molecule has 6 aromatic rings. The molecule has 2 N–H and O–H groups in total. The molecule has 0 aliphatic carbocycles. The number of rotatable bonds is 7. The van der Waals surface area contributed by atoms with Crippen LogP contribution in [0.4, 0.5) is 0 Å². The zero-order chi connectivity index (χ0) is 25.4. The number of hydrogen-bond acceptors (Lipinski definition) is 4. The number of aryl methyl sites for hydroxylation is 2. The fourth-order valence-electron chi connectivity index (χ4n) is 5.28. The SMILES string of the molecule is COC(=O)c1cn(CCCCN/N=c2\c3ccccc3n(C)c3[nH]c4ccccc4c23)c2ccccc12. The molecule has 0 fully saturated rings. The van der Waals surface area contributed by atoms with Crippen molar-refractivity contribution in [3.8, 4) is 0 Å². The summed E-state index contributed by atoms with van der Waals surface area (Å²) in [7, 11) is 3.51. The summed E-state index contributed by atoms with van der Waals surface area (Å²) in [6.07, 6.45) is 3.80. The molecule has 0 atom stereocenters. The smallest absolute Gasteiger partial charge is 0.340 e. The van der Waals surface area contributed by atoms with E-state index in [1.54, 1.807) is 0 Å². The molecule has 3 aromatic heterocycles. The average molecular weight is 492 g/mol. The number of pyridine rings is 1. The quantitative estimate of drug-likeness (QED) is 0.177. The van der Waals surface area contributed by atoms with Crippen LogP contribution < -0.4 is 10.8 Å². The van der Waals surface area contributed by atoms with Crippen LogP contribution in [0.25, 0.3) is 43.7 Å². The minimum atomic E-state index is -0.303. The van der Waals surface area contributed by atoms with E-state index in [2.05, 4.69) is 75.1 Å². The third-order valence-electron chi connectivity index (χ3n) is 7.10. The van der Waals surface area contributed by atoms with Crippen molar-refractivity contribution in [3.63, 3.8) is 0 Å². The van der Waals surface area contributed by atoms with Gasteiger partial charge in [0, 0.05) is 53.5 Å². The minimum absolute atomic E-state index is 0.303. The van der Waals surface area contributed by atoms with Crippen LogP contribution >= 0.6 is 0 Å². The zero-order valence-electron chi connectivity index (χ0n) is 21.0. The number of methoxy groups -OCH3 is 1. The second-order valence-electron chi connectivity index (χ2n) is 9.29. The lowest BCUT2D eigenvalue weighted by Gasteiger charge is -2.09. The lowest BCUT2D eigenvalue weighted by atomic mass is 10.1. The van der Waals surface area contributed by atoms with Gasteiger partial charge in [0.1, 0.15) is 11.0 Å². The Morgan fingerprint density at radius 1 is 0.919 bits per heavy atom. The number of nitrogens with one attached hydrogen (secondary N) is 2. The summed E-state index contributed by atoms with van der Waals surface area (Å²) in [5.74, 6) is -0.303. The van der Waals surface area contributed by atoms with Gasteiger partial charge in [-0.05, 0) is 31.0 Å². The van der Waals surface area contributed by atoms with Gasteiger partial charge >= 0.3 is 5.97 Å². The van der Waals surface area contributed by atoms with Crippen LogP contribution in [0.2, 0.25) is 0 Å². The second kappa shape index (κ2) is 9.50. The topological polar surface area (TPSA) is 76.3 Å². The molecule has 0 aliphatic rings. The third-order valence-corrected chi connectivity index (χ3v) is 7.10. The van der Waals surface area contributed by atoms with Crippen molar-refractivity contribution < 1.29 is 9.53 Å². The summed E-state index contributed by atoms with van der Waals surface area (Å²) in [6.45, 7) is 1.57. The monoisotopic (exact) mass is 491 g/mol. The Bertz CT molecular complexity index is 1840. The van der Waals surface area contributed by atoms with Gasteiger partial charge in [0.25, 0.3) is 0 Å². The van der Waals surface area contributed by atoms with E-state index < -0.39 is 0 Å². The maximum atomic E-state index is 12.2. The highest BCUT2D eigenvalue weighted by atomic mass is 16.5. The van der Waals surface area contributed by atoms with Crippen molar-refractivity contribution in [3.05, 3.63) is 89.9 Å². The number of hydrogen-bond donors (Lipinski definition) is 2. The van der Waals surface area contributed by atoms with E-state index in [4.69, 9.17) is 9.84 Å². The van der Waals surface area contributed by atoms with Crippen molar-refractivity contribution >= 4 is 49.7 Å². The van der Waals surface area contributed by atoms with Gasteiger partial charge in [0.2, 0.25) is 0 Å². The molecule has 0 radical (unpaired) electrons. The van der Waals surface area contributed by atoms with Crippen LogP contribution in [-0.2, 0) is 18.3 Å². The molecule has 3 aromatic carbocycles. The molecule has 0 saturated heterocycles. The van der Waals surface area contributed by atoms with Crippen molar-refractivity contribution in [1.29, 1.82) is 0 Å². The van der Waals surface area contributed by atoms with Crippen molar-refractivity contribution in [2.75, 3.05) is 13.7 Å². The second-order valence-corrected chi connectivity index (χ2v) is 9.29. The number of aromatic amines is 1. The van der Waals surface area contributed by atoms with Crippen LogP contribution in [0.5, 0.6) is 0 Å². The maximum Gasteiger partial charge on any atom is 0.340 e. The molecule has 0 unspecified atom stereocenters. The first-order valence-corrected chi connectivity index (χ1v) is 12.6. The Morgan fingerprint density at radius 3 is 2.43 bits per heavy atom. The van der Waals surface area contributed by atoms with E-state index >= 15 is 0 Å². The molecule has 7 heteroatoms. The van der Waals surface area contributed by atoms with Crippen molar-refractivity contribution in [2.24, 2.45) is 12.1 Å². The molecule has 3 heterocycles. The summed E-state index contributed by atoms with van der Waals surface area (Å²) in [4.78, 5) is 15.8. The summed E-state index contributed by atoms with van der Waals surface area (Å²) >= 11 is 0. The molecule has 0 spiro atoms. The fourth-order valence-corrected chi connectivity index (χ4v) is 5.28. The van der Waals surface area contributed by atoms with Crippen molar-refractivity contribution in [2.45, 2.75) is 19.4 Å². The van der Waals surface area contributed by atoms with Crippen LogP contribution in [0.15, 0.2) is 84.1 Å². The number of fused-ring (bicyclic) bond motifs is 5. The zero-order valence-corrected chi connectivity index (χ0v) is 21.0. The van der Waals surface area contributed by atoms with Gasteiger partial charge in [-0.15, -0.1) is 0 Å². The number of carbonyl (C=O) groups excluding carboxylic acids is 1. The summed E-state index contributed by atoms with van der Waals surface area (Å²) in [5, 5.41) is 10.2. The first kappa shape index (κ1) is 22.9. The lowest BCUT2D eigenvalue weighted by Crippen LogP contribution is -2.17. The Kier molecular flexibility index (Phi) is 5.88. The van der Waals surface area contributed by atoms with Gasteiger partial charge < -0.3 is 24.3 Å². The molecule has 186 valence electrons. The van der Waals surface area contributed by atoms with Gasteiger partial charge in [0.15, 0.2) is 0 Å². The first-order chi connectivity index (χ1) is 18.2. The number of para-hydroxylation sites is 3. The predicted octanol–water partition coefficient (Wildman–Crippen LogP) is 5.44. The highest BCUT2D eigenvalue weighted by Gasteiger charge is 2.15. The predicted molar refractivity (Wildman–Crippen MR) is 148 cm³/mol. The van der Waals surface area contributed by atoms with Gasteiger partial charge in [-0.1, -0.05) is 54.6 Å². The molecule has 0 saturated carbocycles. The van der Waals surface area contributed by atoms with Gasteiger partial charge in [0.05, 0.1) is 23.6 Å². The van der Waals surface area contributed by atoms with Crippen LogP contribution in [0.3, 0.4) is 0 Å². The number of carbonyl (C=O) groups is 1. The molecule has 37 heavy (non-hydrogen) atoms. The Balaban J connectivity index is 1.25. The molecule has 6 rings (SSSR count). The third kappa shape index (κ3) is 3.93. The van der Waals surface area contributed by atoms with Crippen molar-refractivity contribution in [1.82, 2.24) is 19.5 Å². The van der Waals surface area contributed by atoms with E-state index in [-0.39, 0.29) is 5.97 Å². The number of nitrogens with zero attached hydrogens (tertiary/aromatic N) is 3. The number of esters is 1. The van der Waals surface area contributed by atoms with Crippen LogP contribution in [-0.4, -0.2) is 33.7 Å². The summed E-state index contributed by atoms with van der Waals surface area (Å²) < 4.78 is 9.31. The minimum Gasteiger partial charge on any atom is -0.465 e. The van der Waals surface area contributed by atoms with Gasteiger partial charge in [-0.2, -0.15) is 5.10 Å². The van der Waals surface area contributed by atoms with E-state index in [1.165, 1.54) is 12.5 Å². The molecule has 0 amide bonds. The Hall–Kier alpha value is -4.52. The molecule has 7 nitrogen and oxygen atoms in total. The van der Waals surface area contributed by atoms with E-state index in [0.717, 1.165) is 69.6 Å². The number of benzene rings is 3. The Morgan fingerprint density at radius 2 is 1.62 bits per heavy atom. The summed E-state index contributed by atoms with van der Waals surface area (Å²) in [5.41, 5.74) is 8.28. The number of H-pyrrole nitrogens is 1. The van der Waals surface area contributed by atoms with E-state index in [0.29, 0.717) is 5.56 Å². The Labute approximate surface area is 214 Å². The molecule has 0 bridgehead atoms. The maximum absolute atomic E-state index is 12.2. The van der Waals surface area contributed by atoms with Gasteiger partial charge in [-0.25, -0.2) is 4.79 Å². The molecular formula is C30H29N5O2.